The molecule has 0 aliphatic carbocycles. The summed E-state index contributed by atoms with van der Waals surface area (Å²) in [7, 11) is -3.51. The lowest BCUT2D eigenvalue weighted by atomic mass is 10.1. The molecule has 0 fully saturated rings. The second-order valence-corrected chi connectivity index (χ2v) is 10.3. The van der Waals surface area contributed by atoms with E-state index in [9.17, 15) is 14.3 Å². The van der Waals surface area contributed by atoms with Crippen molar-refractivity contribution in [3.05, 3.63) is 101 Å². The molecule has 5 nitrogen and oxygen atoms in total. The molecule has 31 heavy (non-hydrogen) atoms. The molecule has 156 valence electrons. The van der Waals surface area contributed by atoms with E-state index in [1.165, 1.54) is 0 Å². The second kappa shape index (κ2) is 8.90. The lowest BCUT2D eigenvalue weighted by molar-refractivity contribution is 0.102. The van der Waals surface area contributed by atoms with Crippen LogP contribution < -0.4 is 16.4 Å². The smallest absolute Gasteiger partial charge is 0.255 e. The fourth-order valence-electron chi connectivity index (χ4n) is 3.22. The molecule has 7 heteroatoms. The molecule has 3 aromatic carbocycles. The Morgan fingerprint density at radius 3 is 2.39 bits per heavy atom. The predicted octanol–water partition coefficient (Wildman–Crippen LogP) is 5.35. The van der Waals surface area contributed by atoms with Crippen LogP contribution in [0.5, 0.6) is 0 Å². The van der Waals surface area contributed by atoms with Crippen LogP contribution in [-0.4, -0.2) is 10.8 Å². The Morgan fingerprint density at radius 1 is 0.968 bits per heavy atom. The zero-order chi connectivity index (χ0) is 21.8. The molecule has 0 aliphatic heterocycles. The first-order valence-corrected chi connectivity index (χ1v) is 12.4. The van der Waals surface area contributed by atoms with E-state index in [0.717, 1.165) is 10.4 Å². The number of hydrogen-bond donors (Lipinski definition) is 3. The fraction of sp³-hybridized carbons (Fsp3) is 0.0417. The van der Waals surface area contributed by atoms with Gasteiger partial charge in [-0.25, -0.2) is 0 Å². The maximum atomic E-state index is 12.7. The molecule has 4 aromatic rings. The molecule has 0 radical (unpaired) electrons. The highest BCUT2D eigenvalue weighted by atomic mass is 32.1. The van der Waals surface area contributed by atoms with E-state index in [4.69, 9.17) is 5.73 Å². The standard InChI is InChI=1S/C24H21N2O3PS/c25-21-13-12-19(23-7-4-14-31-23)15-22(21)26-24(27)18-10-8-17(9-11-18)16-30(28,29)20-5-2-1-3-6-20/h1-15H,16,25H2,(H,26,27)(H,28,29). The van der Waals surface area contributed by atoms with Crippen LogP contribution in [0.1, 0.15) is 15.9 Å². The average Bonchev–Trinajstić information content (AvgIpc) is 3.31. The molecule has 0 saturated heterocycles. The van der Waals surface area contributed by atoms with E-state index in [0.29, 0.717) is 27.8 Å². The Kier molecular flexibility index (Phi) is 6.05. The van der Waals surface area contributed by atoms with Crippen LogP contribution in [-0.2, 0) is 10.7 Å². The van der Waals surface area contributed by atoms with Crippen LogP contribution in [0.15, 0.2) is 90.3 Å². The zero-order valence-corrected chi connectivity index (χ0v) is 18.3. The molecule has 1 amide bonds. The van der Waals surface area contributed by atoms with Crippen molar-refractivity contribution in [3.63, 3.8) is 0 Å². The minimum Gasteiger partial charge on any atom is -0.397 e. The summed E-state index contributed by atoms with van der Waals surface area (Å²) in [5.74, 6) is -0.295. The highest BCUT2D eigenvalue weighted by Crippen LogP contribution is 2.43. The number of rotatable bonds is 6. The van der Waals surface area contributed by atoms with Crippen LogP contribution in [0.3, 0.4) is 0 Å². The summed E-state index contributed by atoms with van der Waals surface area (Å²) in [5, 5.41) is 5.27. The van der Waals surface area contributed by atoms with Crippen LogP contribution in [0.2, 0.25) is 0 Å². The Morgan fingerprint density at radius 2 is 1.71 bits per heavy atom. The Hall–Kier alpha value is -3.18. The molecule has 1 aromatic heterocycles. The highest BCUT2D eigenvalue weighted by molar-refractivity contribution is 7.65. The Balaban J connectivity index is 1.48. The van der Waals surface area contributed by atoms with Crippen LogP contribution in [0, 0.1) is 0 Å². The number of benzene rings is 3. The molecular formula is C24H21N2O3PS. The van der Waals surface area contributed by atoms with E-state index in [1.54, 1.807) is 72.0 Å². The minimum absolute atomic E-state index is 0.00865. The zero-order valence-electron chi connectivity index (χ0n) is 16.6. The first-order chi connectivity index (χ1) is 14.9. The molecule has 0 spiro atoms. The summed E-state index contributed by atoms with van der Waals surface area (Å²) in [6, 6.07) is 24.8. The van der Waals surface area contributed by atoms with E-state index in [-0.39, 0.29) is 12.1 Å². The number of nitrogen functional groups attached to an aromatic ring is 1. The van der Waals surface area contributed by atoms with Gasteiger partial charge in [0.05, 0.1) is 17.5 Å². The quantitative estimate of drug-likeness (QED) is 0.274. The Labute approximate surface area is 184 Å². The molecule has 4 N–H and O–H groups in total. The predicted molar refractivity (Wildman–Crippen MR) is 128 cm³/mol. The number of nitrogens with one attached hydrogen (secondary N) is 1. The molecule has 0 saturated carbocycles. The number of anilines is 2. The van der Waals surface area contributed by atoms with Gasteiger partial charge in [-0.05, 0) is 59.0 Å². The normalized spacial score (nSPS) is 12.8. The maximum Gasteiger partial charge on any atom is 0.255 e. The number of amides is 1. The van der Waals surface area contributed by atoms with E-state index in [2.05, 4.69) is 5.32 Å². The van der Waals surface area contributed by atoms with Gasteiger partial charge in [-0.1, -0.05) is 42.5 Å². The van der Waals surface area contributed by atoms with Crippen molar-refractivity contribution in [2.45, 2.75) is 6.16 Å². The summed E-state index contributed by atoms with van der Waals surface area (Å²) in [6.07, 6.45) is 0.00865. The largest absolute Gasteiger partial charge is 0.397 e. The van der Waals surface area contributed by atoms with Gasteiger partial charge in [0.25, 0.3) is 5.91 Å². The number of carbonyl (C=O) groups is 1. The minimum atomic E-state index is -3.51. The molecule has 1 atom stereocenters. The lowest BCUT2D eigenvalue weighted by Gasteiger charge is -2.13. The van der Waals surface area contributed by atoms with Gasteiger partial charge in [0.1, 0.15) is 0 Å². The highest BCUT2D eigenvalue weighted by Gasteiger charge is 2.21. The topological polar surface area (TPSA) is 92.4 Å². The van der Waals surface area contributed by atoms with Crippen molar-refractivity contribution in [3.8, 4) is 10.4 Å². The van der Waals surface area contributed by atoms with Gasteiger partial charge < -0.3 is 15.9 Å². The second-order valence-electron chi connectivity index (χ2n) is 7.13. The van der Waals surface area contributed by atoms with Gasteiger partial charge in [0, 0.05) is 15.7 Å². The SMILES string of the molecule is Nc1ccc(-c2cccs2)cc1NC(=O)c1ccc(CP(=O)(O)c2ccccc2)cc1. The summed E-state index contributed by atoms with van der Waals surface area (Å²) < 4.78 is 12.7. The van der Waals surface area contributed by atoms with Crippen LogP contribution >= 0.6 is 18.7 Å². The third-order valence-electron chi connectivity index (χ3n) is 4.88. The lowest BCUT2D eigenvalue weighted by Crippen LogP contribution is -2.13. The van der Waals surface area contributed by atoms with Gasteiger partial charge in [-0.3, -0.25) is 9.36 Å². The number of nitrogens with two attached hydrogens (primary N) is 1. The summed E-state index contributed by atoms with van der Waals surface area (Å²) in [6.45, 7) is 0. The van der Waals surface area contributed by atoms with E-state index >= 15 is 0 Å². The molecule has 0 aliphatic rings. The van der Waals surface area contributed by atoms with Crippen molar-refractivity contribution in [1.82, 2.24) is 0 Å². The van der Waals surface area contributed by atoms with Gasteiger partial charge >= 0.3 is 0 Å². The summed E-state index contributed by atoms with van der Waals surface area (Å²) >= 11 is 1.61. The third kappa shape index (κ3) is 4.94. The third-order valence-corrected chi connectivity index (χ3v) is 7.70. The van der Waals surface area contributed by atoms with Gasteiger partial charge in [0.2, 0.25) is 7.37 Å². The molecule has 1 unspecified atom stereocenters. The fourth-order valence-corrected chi connectivity index (χ4v) is 5.47. The number of thiophene rings is 1. The average molecular weight is 448 g/mol. The maximum absolute atomic E-state index is 12.7. The van der Waals surface area contributed by atoms with E-state index < -0.39 is 7.37 Å². The van der Waals surface area contributed by atoms with E-state index in [1.807, 2.05) is 29.6 Å². The van der Waals surface area contributed by atoms with Gasteiger partial charge in [-0.2, -0.15) is 0 Å². The summed E-state index contributed by atoms with van der Waals surface area (Å²) in [5.41, 5.74) is 9.18. The van der Waals surface area contributed by atoms with Crippen LogP contribution in [0.25, 0.3) is 10.4 Å². The van der Waals surface area contributed by atoms with Gasteiger partial charge in [0.15, 0.2) is 0 Å². The monoisotopic (exact) mass is 448 g/mol. The van der Waals surface area contributed by atoms with Crippen molar-refractivity contribution < 1.29 is 14.3 Å². The van der Waals surface area contributed by atoms with Crippen molar-refractivity contribution in [2.75, 3.05) is 11.1 Å². The molecule has 4 rings (SSSR count). The van der Waals surface area contributed by atoms with Gasteiger partial charge in [-0.15, -0.1) is 11.3 Å². The first kappa shape index (κ1) is 21.1. The number of carbonyl (C=O) groups excluding carboxylic acids is 1. The Bertz CT molecular complexity index is 1240. The summed E-state index contributed by atoms with van der Waals surface area (Å²) in [4.78, 5) is 24.2. The first-order valence-electron chi connectivity index (χ1n) is 9.63. The molecule has 1 heterocycles. The molecule has 0 bridgehead atoms. The van der Waals surface area contributed by atoms with Crippen LogP contribution in [0.4, 0.5) is 11.4 Å². The van der Waals surface area contributed by atoms with Crippen molar-refractivity contribution in [1.29, 1.82) is 0 Å². The van der Waals surface area contributed by atoms with Crippen molar-refractivity contribution >= 4 is 41.3 Å². The molecular weight excluding hydrogens is 427 g/mol. The number of hydrogen-bond acceptors (Lipinski definition) is 4. The van der Waals surface area contributed by atoms with Crippen molar-refractivity contribution in [2.24, 2.45) is 0 Å².